The minimum atomic E-state index is -4.78. The Bertz CT molecular complexity index is 897. The lowest BCUT2D eigenvalue weighted by molar-refractivity contribution is 0.0608. The number of ether oxygens (including phenoxy) is 1. The lowest BCUT2D eigenvalue weighted by Gasteiger charge is -2.25. The molecule has 2 rings (SSSR count). The molecule has 26 heavy (non-hydrogen) atoms. The molecule has 0 unspecified atom stereocenters. The van der Waals surface area contributed by atoms with Crippen LogP contribution in [0, 0.1) is 5.82 Å². The standard InChI is InChI=1S/C14H14F3N3O4S2/c1-14(2,3)24-13(21)20(10-6-25-7-19-10)26(22,23)11-4-8(12(16)17)9(15)5-18-11/h4-7,12H,1-3H3. The number of rotatable bonds is 4. The van der Waals surface area contributed by atoms with Crippen LogP contribution in [0.3, 0.4) is 0 Å². The number of alkyl halides is 2. The molecule has 0 fully saturated rings. The average Bonchev–Trinajstić information content (AvgIpc) is 2.98. The molecule has 0 radical (unpaired) electrons. The predicted molar refractivity (Wildman–Crippen MR) is 87.2 cm³/mol. The van der Waals surface area contributed by atoms with Gasteiger partial charge in [0.2, 0.25) is 0 Å². The van der Waals surface area contributed by atoms with Crippen molar-refractivity contribution in [1.82, 2.24) is 9.97 Å². The molecule has 0 bridgehead atoms. The fourth-order valence-electron chi connectivity index (χ4n) is 1.76. The van der Waals surface area contributed by atoms with Crippen molar-refractivity contribution in [3.05, 3.63) is 34.5 Å². The third-order valence-corrected chi connectivity index (χ3v) is 4.93. The van der Waals surface area contributed by atoms with Crippen LogP contribution in [0.4, 0.5) is 23.8 Å². The van der Waals surface area contributed by atoms with Crippen molar-refractivity contribution in [2.45, 2.75) is 37.8 Å². The van der Waals surface area contributed by atoms with Crippen LogP contribution in [-0.4, -0.2) is 30.1 Å². The molecule has 1 amide bonds. The van der Waals surface area contributed by atoms with Crippen LogP contribution in [-0.2, 0) is 14.8 Å². The first kappa shape index (κ1) is 20.1. The summed E-state index contributed by atoms with van der Waals surface area (Å²) in [5.74, 6) is -1.66. The molecule has 0 aliphatic carbocycles. The Morgan fingerprint density at radius 1 is 1.31 bits per heavy atom. The summed E-state index contributed by atoms with van der Waals surface area (Å²) in [4.78, 5) is 19.5. The highest BCUT2D eigenvalue weighted by Gasteiger charge is 2.37. The minimum Gasteiger partial charge on any atom is -0.443 e. The van der Waals surface area contributed by atoms with Crippen molar-refractivity contribution in [2.24, 2.45) is 0 Å². The smallest absolute Gasteiger partial charge is 0.430 e. The van der Waals surface area contributed by atoms with E-state index in [1.807, 2.05) is 0 Å². The molecule has 12 heteroatoms. The Hall–Kier alpha value is -2.21. The number of hydrogen-bond acceptors (Lipinski definition) is 7. The third-order valence-electron chi connectivity index (χ3n) is 2.79. The van der Waals surface area contributed by atoms with Crippen molar-refractivity contribution in [2.75, 3.05) is 4.31 Å². The highest BCUT2D eigenvalue weighted by Crippen LogP contribution is 2.28. The van der Waals surface area contributed by atoms with Crippen molar-refractivity contribution in [3.8, 4) is 0 Å². The van der Waals surface area contributed by atoms with Gasteiger partial charge in [0.25, 0.3) is 16.4 Å². The Morgan fingerprint density at radius 3 is 2.46 bits per heavy atom. The summed E-state index contributed by atoms with van der Waals surface area (Å²) in [6.07, 6.45) is -4.21. The molecule has 0 atom stereocenters. The minimum absolute atomic E-state index is 0.199. The number of thiazole rings is 1. The number of nitrogens with zero attached hydrogens (tertiary/aromatic N) is 3. The predicted octanol–water partition coefficient (Wildman–Crippen LogP) is 3.75. The molecular formula is C14H14F3N3O4S2. The van der Waals surface area contributed by atoms with E-state index >= 15 is 0 Å². The largest absolute Gasteiger partial charge is 0.443 e. The fraction of sp³-hybridized carbons (Fsp3) is 0.357. The Kier molecular flexibility index (Phi) is 5.56. The second kappa shape index (κ2) is 7.19. The summed E-state index contributed by atoms with van der Waals surface area (Å²) >= 11 is 1.000. The first-order valence-electron chi connectivity index (χ1n) is 7.03. The van der Waals surface area contributed by atoms with Gasteiger partial charge in [-0.1, -0.05) is 0 Å². The van der Waals surface area contributed by atoms with Gasteiger partial charge in [-0.15, -0.1) is 15.6 Å². The van der Waals surface area contributed by atoms with E-state index in [1.165, 1.54) is 31.7 Å². The molecule has 0 aliphatic heterocycles. The maximum atomic E-state index is 13.4. The summed E-state index contributed by atoms with van der Waals surface area (Å²) in [5.41, 5.74) is -0.920. The maximum Gasteiger partial charge on any atom is 0.430 e. The van der Waals surface area contributed by atoms with Crippen LogP contribution in [0.15, 0.2) is 28.2 Å². The number of anilines is 1. The molecule has 0 spiro atoms. The van der Waals surface area contributed by atoms with E-state index in [1.54, 1.807) is 0 Å². The number of sulfonamides is 1. The second-order valence-corrected chi connectivity index (χ2v) is 8.39. The van der Waals surface area contributed by atoms with E-state index in [0.717, 1.165) is 11.3 Å². The SMILES string of the molecule is CC(C)(C)OC(=O)N(c1cscn1)S(=O)(=O)c1cc(C(F)F)c(F)cn1. The molecule has 2 heterocycles. The summed E-state index contributed by atoms with van der Waals surface area (Å²) in [6, 6.07) is 0.374. The van der Waals surface area contributed by atoms with Gasteiger partial charge >= 0.3 is 6.09 Å². The van der Waals surface area contributed by atoms with Gasteiger partial charge in [-0.05, 0) is 26.8 Å². The third kappa shape index (κ3) is 4.30. The van der Waals surface area contributed by atoms with Gasteiger partial charge in [0.15, 0.2) is 10.8 Å². The lowest BCUT2D eigenvalue weighted by Crippen LogP contribution is -2.41. The van der Waals surface area contributed by atoms with Crippen molar-refractivity contribution in [3.63, 3.8) is 0 Å². The van der Waals surface area contributed by atoms with Gasteiger partial charge in [-0.25, -0.2) is 27.9 Å². The number of pyridine rings is 1. The first-order chi connectivity index (χ1) is 11.9. The second-order valence-electron chi connectivity index (χ2n) is 5.94. The van der Waals surface area contributed by atoms with Gasteiger partial charge in [0, 0.05) is 5.38 Å². The molecule has 2 aromatic rings. The van der Waals surface area contributed by atoms with Crippen LogP contribution >= 0.6 is 11.3 Å². The normalized spacial score (nSPS) is 12.3. The number of carbonyl (C=O) groups is 1. The number of aromatic nitrogens is 2. The highest BCUT2D eigenvalue weighted by atomic mass is 32.2. The highest BCUT2D eigenvalue weighted by molar-refractivity contribution is 7.93. The van der Waals surface area contributed by atoms with Crippen molar-refractivity contribution >= 4 is 33.3 Å². The molecule has 7 nitrogen and oxygen atoms in total. The number of carbonyl (C=O) groups excluding carboxylic acids is 1. The Morgan fingerprint density at radius 2 is 1.96 bits per heavy atom. The van der Waals surface area contributed by atoms with Crippen LogP contribution in [0.5, 0.6) is 0 Å². The molecule has 2 aromatic heterocycles. The molecule has 142 valence electrons. The summed E-state index contributed by atoms with van der Waals surface area (Å²) < 4.78 is 70.0. The quantitative estimate of drug-likeness (QED) is 0.764. The van der Waals surface area contributed by atoms with E-state index in [4.69, 9.17) is 4.74 Å². The number of hydrogen-bond donors (Lipinski definition) is 0. The number of amides is 1. The zero-order chi connectivity index (χ0) is 19.7. The van der Waals surface area contributed by atoms with E-state index in [9.17, 15) is 26.4 Å². The molecule has 0 saturated carbocycles. The summed E-state index contributed by atoms with van der Waals surface area (Å²) in [6.45, 7) is 4.55. The first-order valence-corrected chi connectivity index (χ1v) is 9.42. The van der Waals surface area contributed by atoms with Crippen molar-refractivity contribution in [1.29, 1.82) is 0 Å². The van der Waals surface area contributed by atoms with Crippen LogP contribution in [0.2, 0.25) is 0 Å². The summed E-state index contributed by atoms with van der Waals surface area (Å²) in [7, 11) is -4.78. The monoisotopic (exact) mass is 409 g/mol. The van der Waals surface area contributed by atoms with Crippen molar-refractivity contribution < 1.29 is 31.1 Å². The molecular weight excluding hydrogens is 395 g/mol. The summed E-state index contributed by atoms with van der Waals surface area (Å²) in [5, 5.41) is 0.312. The lowest BCUT2D eigenvalue weighted by atomic mass is 10.2. The zero-order valence-corrected chi connectivity index (χ0v) is 15.4. The van der Waals surface area contributed by atoms with Gasteiger partial charge in [0.05, 0.1) is 17.3 Å². The Balaban J connectivity index is 2.57. The molecule has 0 aromatic carbocycles. The number of halogens is 3. The van der Waals surface area contributed by atoms with Crippen LogP contribution < -0.4 is 4.31 Å². The van der Waals surface area contributed by atoms with E-state index in [2.05, 4.69) is 9.97 Å². The van der Waals surface area contributed by atoms with Gasteiger partial charge < -0.3 is 4.74 Å². The zero-order valence-electron chi connectivity index (χ0n) is 13.8. The molecule has 0 saturated heterocycles. The molecule has 0 N–H and O–H groups in total. The van der Waals surface area contributed by atoms with E-state index < -0.39 is 44.5 Å². The average molecular weight is 409 g/mol. The maximum absolute atomic E-state index is 13.4. The van der Waals surface area contributed by atoms with E-state index in [-0.39, 0.29) is 10.1 Å². The van der Waals surface area contributed by atoms with Crippen LogP contribution in [0.25, 0.3) is 0 Å². The van der Waals surface area contributed by atoms with Gasteiger partial charge in [0.1, 0.15) is 11.4 Å². The Labute approximate surface area is 151 Å². The fourth-order valence-corrected chi connectivity index (χ4v) is 3.57. The van der Waals surface area contributed by atoms with Gasteiger partial charge in [-0.3, -0.25) is 0 Å². The van der Waals surface area contributed by atoms with Gasteiger partial charge in [-0.2, -0.15) is 8.42 Å². The van der Waals surface area contributed by atoms with E-state index in [0.29, 0.717) is 12.3 Å². The molecule has 0 aliphatic rings. The van der Waals surface area contributed by atoms with Crippen LogP contribution in [0.1, 0.15) is 32.8 Å². The topological polar surface area (TPSA) is 89.5 Å².